The normalized spacial score (nSPS) is 12.2. The lowest BCUT2D eigenvalue weighted by Gasteiger charge is -2.08. The van der Waals surface area contributed by atoms with Crippen molar-refractivity contribution in [3.63, 3.8) is 0 Å². The number of carboxylic acids is 1. The van der Waals surface area contributed by atoms with Crippen molar-refractivity contribution in [1.29, 1.82) is 0 Å². The molecule has 3 nitrogen and oxygen atoms in total. The van der Waals surface area contributed by atoms with E-state index in [2.05, 4.69) is 0 Å². The molecule has 18 heavy (non-hydrogen) atoms. The summed E-state index contributed by atoms with van der Waals surface area (Å²) in [4.78, 5) is 21.0. The molecule has 0 saturated carbocycles. The van der Waals surface area contributed by atoms with Crippen LogP contribution in [0.4, 0.5) is 13.2 Å². The molecule has 0 aliphatic carbocycles. The number of carboxylic acid groups (broad SMARTS) is 1. The maximum absolute atomic E-state index is 13.2. The summed E-state index contributed by atoms with van der Waals surface area (Å²) in [5, 5.41) is 8.50. The van der Waals surface area contributed by atoms with Crippen molar-refractivity contribution in [1.82, 2.24) is 0 Å². The molecular weight excluding hydrogens is 249 g/mol. The highest BCUT2D eigenvalue weighted by Gasteiger charge is 2.15. The van der Waals surface area contributed by atoms with Gasteiger partial charge in [0.15, 0.2) is 11.6 Å². The number of carbonyl (C=O) groups excluding carboxylic acids is 1. The van der Waals surface area contributed by atoms with Crippen LogP contribution in [0.2, 0.25) is 0 Å². The average Bonchev–Trinajstić information content (AvgIpc) is 2.29. The van der Waals surface area contributed by atoms with E-state index in [1.807, 2.05) is 0 Å². The lowest BCUT2D eigenvalue weighted by molar-refractivity contribution is -0.139. The van der Waals surface area contributed by atoms with E-state index in [0.29, 0.717) is 18.4 Å². The molecule has 1 aromatic carbocycles. The Kier molecular flexibility index (Phi) is 4.88. The molecule has 1 unspecified atom stereocenters. The third-order valence-corrected chi connectivity index (χ3v) is 2.50. The molecule has 0 aliphatic heterocycles. The van der Waals surface area contributed by atoms with Crippen LogP contribution in [0.25, 0.3) is 0 Å². The predicted octanol–water partition coefficient (Wildman–Crippen LogP) is 2.33. The fourth-order valence-corrected chi connectivity index (χ4v) is 1.54. The minimum atomic E-state index is -1.28. The zero-order chi connectivity index (χ0) is 13.7. The van der Waals surface area contributed by atoms with Gasteiger partial charge in [-0.05, 0) is 24.5 Å². The van der Waals surface area contributed by atoms with E-state index in [1.54, 1.807) is 0 Å². The van der Waals surface area contributed by atoms with Gasteiger partial charge >= 0.3 is 5.97 Å². The molecule has 0 spiro atoms. The van der Waals surface area contributed by atoms with Crippen LogP contribution in [0.3, 0.4) is 0 Å². The third-order valence-electron chi connectivity index (χ3n) is 2.50. The Labute approximate surface area is 101 Å². The molecule has 1 rings (SSSR count). The van der Waals surface area contributed by atoms with E-state index in [1.165, 1.54) is 0 Å². The summed E-state index contributed by atoms with van der Waals surface area (Å²) in [6.45, 7) is 0. The number of aldehydes is 1. The molecule has 0 heterocycles. The molecule has 0 fully saturated rings. The predicted molar refractivity (Wildman–Crippen MR) is 56.4 cm³/mol. The summed E-state index contributed by atoms with van der Waals surface area (Å²) in [6, 6.07) is 1.14. The van der Waals surface area contributed by atoms with Crippen LogP contribution in [0, 0.1) is 23.4 Å². The van der Waals surface area contributed by atoms with Crippen molar-refractivity contribution < 1.29 is 27.9 Å². The number of aryl methyl sites for hydroxylation is 1. The Morgan fingerprint density at radius 2 is 1.83 bits per heavy atom. The van der Waals surface area contributed by atoms with Crippen LogP contribution >= 0.6 is 0 Å². The molecule has 6 heteroatoms. The third kappa shape index (κ3) is 3.87. The van der Waals surface area contributed by atoms with Crippen LogP contribution in [-0.2, 0) is 16.0 Å². The van der Waals surface area contributed by atoms with E-state index in [9.17, 15) is 22.8 Å². The second-order valence-electron chi connectivity index (χ2n) is 3.89. The number of rotatable bonds is 6. The SMILES string of the molecule is O=CC(CCc1cc(F)c(F)cc1F)CC(=O)O. The lowest BCUT2D eigenvalue weighted by atomic mass is 9.97. The van der Waals surface area contributed by atoms with E-state index in [0.717, 1.165) is 0 Å². The summed E-state index contributed by atoms with van der Waals surface area (Å²) in [6.07, 6.45) is 0.137. The van der Waals surface area contributed by atoms with Crippen molar-refractivity contribution >= 4 is 12.3 Å². The second kappa shape index (κ2) is 6.18. The zero-order valence-corrected chi connectivity index (χ0v) is 9.33. The number of hydrogen-bond donors (Lipinski definition) is 1. The van der Waals surface area contributed by atoms with Crippen LogP contribution in [0.1, 0.15) is 18.4 Å². The van der Waals surface area contributed by atoms with Crippen LogP contribution in [0.15, 0.2) is 12.1 Å². The fourth-order valence-electron chi connectivity index (χ4n) is 1.54. The quantitative estimate of drug-likeness (QED) is 0.631. The smallest absolute Gasteiger partial charge is 0.304 e. The average molecular weight is 260 g/mol. The molecule has 1 atom stereocenters. The van der Waals surface area contributed by atoms with Gasteiger partial charge in [-0.3, -0.25) is 4.79 Å². The number of benzene rings is 1. The van der Waals surface area contributed by atoms with Crippen LogP contribution in [0.5, 0.6) is 0 Å². The minimum absolute atomic E-state index is 0.0281. The minimum Gasteiger partial charge on any atom is -0.481 e. The first-order valence-electron chi connectivity index (χ1n) is 5.24. The van der Waals surface area contributed by atoms with Gasteiger partial charge in [0.05, 0.1) is 6.42 Å². The number of halogens is 3. The molecule has 0 saturated heterocycles. The first kappa shape index (κ1) is 14.2. The van der Waals surface area contributed by atoms with Crippen molar-refractivity contribution in [3.05, 3.63) is 35.1 Å². The number of hydrogen-bond acceptors (Lipinski definition) is 2. The highest BCUT2D eigenvalue weighted by molar-refractivity contribution is 5.71. The zero-order valence-electron chi connectivity index (χ0n) is 9.33. The molecule has 0 aliphatic rings. The van der Waals surface area contributed by atoms with E-state index in [4.69, 9.17) is 5.11 Å². The summed E-state index contributed by atoms with van der Waals surface area (Å²) in [5.74, 6) is -5.28. The molecular formula is C12H11F3O3. The van der Waals surface area contributed by atoms with E-state index < -0.39 is 29.3 Å². The van der Waals surface area contributed by atoms with Gasteiger partial charge in [0.25, 0.3) is 0 Å². The summed E-state index contributed by atoms with van der Waals surface area (Å²) in [7, 11) is 0. The van der Waals surface area contributed by atoms with Gasteiger partial charge in [0.2, 0.25) is 0 Å². The summed E-state index contributed by atoms with van der Waals surface area (Å²) < 4.78 is 38.8. The summed E-state index contributed by atoms with van der Waals surface area (Å²) in [5.41, 5.74) is -0.0776. The van der Waals surface area contributed by atoms with Crippen molar-refractivity contribution in [3.8, 4) is 0 Å². The molecule has 98 valence electrons. The Balaban J connectivity index is 2.70. The maximum atomic E-state index is 13.2. The first-order valence-corrected chi connectivity index (χ1v) is 5.24. The topological polar surface area (TPSA) is 54.4 Å². The standard InChI is InChI=1S/C12H11F3O3/c13-9-5-11(15)10(14)4-8(9)2-1-7(6-16)3-12(17)18/h4-7H,1-3H2,(H,17,18). The first-order chi connectivity index (χ1) is 8.43. The number of carbonyl (C=O) groups is 2. The second-order valence-corrected chi connectivity index (χ2v) is 3.89. The molecule has 0 aromatic heterocycles. The fraction of sp³-hybridized carbons (Fsp3) is 0.333. The lowest BCUT2D eigenvalue weighted by Crippen LogP contribution is -2.10. The molecule has 0 radical (unpaired) electrons. The van der Waals surface area contributed by atoms with Crippen molar-refractivity contribution in [2.75, 3.05) is 0 Å². The van der Waals surface area contributed by atoms with Crippen molar-refractivity contribution in [2.45, 2.75) is 19.3 Å². The van der Waals surface area contributed by atoms with Crippen LogP contribution in [-0.4, -0.2) is 17.4 Å². The Morgan fingerprint density at radius 1 is 1.22 bits per heavy atom. The number of aliphatic carboxylic acids is 1. The van der Waals surface area contributed by atoms with Gasteiger partial charge in [-0.1, -0.05) is 0 Å². The Bertz CT molecular complexity index is 460. The van der Waals surface area contributed by atoms with E-state index in [-0.39, 0.29) is 24.8 Å². The van der Waals surface area contributed by atoms with Gasteiger partial charge in [0, 0.05) is 12.0 Å². The Morgan fingerprint density at radius 3 is 2.39 bits per heavy atom. The van der Waals surface area contributed by atoms with Crippen LogP contribution < -0.4 is 0 Å². The molecule has 1 aromatic rings. The van der Waals surface area contributed by atoms with Gasteiger partial charge in [-0.25, -0.2) is 13.2 Å². The largest absolute Gasteiger partial charge is 0.481 e. The maximum Gasteiger partial charge on any atom is 0.304 e. The van der Waals surface area contributed by atoms with Gasteiger partial charge < -0.3 is 9.90 Å². The summed E-state index contributed by atoms with van der Waals surface area (Å²) >= 11 is 0. The highest BCUT2D eigenvalue weighted by Crippen LogP contribution is 2.18. The van der Waals surface area contributed by atoms with Gasteiger partial charge in [0.1, 0.15) is 12.1 Å². The highest BCUT2D eigenvalue weighted by atomic mass is 19.2. The Hall–Kier alpha value is -1.85. The molecule has 0 amide bonds. The van der Waals surface area contributed by atoms with Crippen molar-refractivity contribution in [2.24, 2.45) is 5.92 Å². The van der Waals surface area contributed by atoms with Gasteiger partial charge in [-0.2, -0.15) is 0 Å². The molecule has 0 bridgehead atoms. The van der Waals surface area contributed by atoms with Gasteiger partial charge in [-0.15, -0.1) is 0 Å². The molecule has 1 N–H and O–H groups in total. The van der Waals surface area contributed by atoms with E-state index >= 15 is 0 Å². The monoisotopic (exact) mass is 260 g/mol.